The zero-order chi connectivity index (χ0) is 33.6. The van der Waals surface area contributed by atoms with E-state index in [1.807, 2.05) is 61.5 Å². The second-order valence-electron chi connectivity index (χ2n) is 13.7. The molecular weight excluding hydrogens is 649 g/mol. The van der Waals surface area contributed by atoms with Crippen molar-refractivity contribution in [2.45, 2.75) is 50.9 Å². The van der Waals surface area contributed by atoms with Crippen LogP contribution in [0, 0.1) is 5.41 Å². The molecule has 1 saturated carbocycles. The zero-order valence-corrected chi connectivity index (χ0v) is 28.8. The largest absolute Gasteiger partial charge is 0.496 e. The van der Waals surface area contributed by atoms with E-state index in [0.717, 1.165) is 71.6 Å². The summed E-state index contributed by atoms with van der Waals surface area (Å²) in [5, 5.41) is 17.5. The maximum absolute atomic E-state index is 11.7. The number of aromatic nitrogens is 2. The van der Waals surface area contributed by atoms with E-state index in [-0.39, 0.29) is 17.4 Å². The van der Waals surface area contributed by atoms with Gasteiger partial charge in [-0.15, -0.1) is 0 Å². The Labute approximate surface area is 290 Å². The number of carbonyl (C=O) groups excluding carboxylic acids is 1. The van der Waals surface area contributed by atoms with Crippen LogP contribution in [0.1, 0.15) is 37.3 Å². The second kappa shape index (κ2) is 12.9. The molecule has 0 atom stereocenters. The smallest absolute Gasteiger partial charge is 0.220 e. The van der Waals surface area contributed by atoms with Crippen LogP contribution in [0.2, 0.25) is 10.0 Å². The highest BCUT2D eigenvalue weighted by Crippen LogP contribution is 2.43. The number of nitrogens with zero attached hydrogens (tertiary/aromatic N) is 3. The highest BCUT2D eigenvalue weighted by Gasteiger charge is 2.48. The number of likely N-dealkylation sites (tertiary alicyclic amines) is 1. The first kappa shape index (κ1) is 32.8. The number of halogens is 2. The molecule has 4 aromatic rings. The van der Waals surface area contributed by atoms with Crippen LogP contribution in [-0.2, 0) is 17.9 Å². The van der Waals surface area contributed by atoms with E-state index in [1.165, 1.54) is 0 Å². The quantitative estimate of drug-likeness (QED) is 0.183. The van der Waals surface area contributed by atoms with Gasteiger partial charge in [-0.2, -0.15) is 0 Å². The molecule has 3 fully saturated rings. The molecule has 1 spiro atoms. The Morgan fingerprint density at radius 1 is 1.00 bits per heavy atom. The van der Waals surface area contributed by atoms with Crippen LogP contribution in [0.25, 0.3) is 33.6 Å². The summed E-state index contributed by atoms with van der Waals surface area (Å²) in [4.78, 5) is 23.5. The SMILES string of the molecule is COc1cc(-c2nccc(-c3cccc(-c4ccc(CN5CC6(CNC(=O)C6)C5)c(OC)n4)c3Cl)c2Cl)ccc1CN[C@H]1C[C@](C)(O)C1. The van der Waals surface area contributed by atoms with Crippen LogP contribution >= 0.6 is 23.2 Å². The maximum Gasteiger partial charge on any atom is 0.220 e. The molecule has 0 bridgehead atoms. The maximum atomic E-state index is 11.7. The van der Waals surface area contributed by atoms with Crippen molar-refractivity contribution in [2.75, 3.05) is 33.9 Å². The van der Waals surface area contributed by atoms with Crippen molar-refractivity contribution in [2.24, 2.45) is 5.41 Å². The molecule has 48 heavy (non-hydrogen) atoms. The molecule has 7 rings (SSSR count). The number of ether oxygens (including phenoxy) is 2. The van der Waals surface area contributed by atoms with Crippen LogP contribution in [0.5, 0.6) is 11.6 Å². The van der Waals surface area contributed by atoms with Crippen molar-refractivity contribution >= 4 is 29.1 Å². The predicted molar refractivity (Wildman–Crippen MR) is 187 cm³/mol. The molecule has 0 unspecified atom stereocenters. The number of nitrogens with one attached hydrogen (secondary N) is 2. The van der Waals surface area contributed by atoms with Crippen molar-refractivity contribution in [1.29, 1.82) is 0 Å². The third kappa shape index (κ3) is 6.37. The van der Waals surface area contributed by atoms with Crippen LogP contribution < -0.4 is 20.1 Å². The molecule has 11 heteroatoms. The van der Waals surface area contributed by atoms with Gasteiger partial charge in [0.05, 0.1) is 41.3 Å². The van der Waals surface area contributed by atoms with Crippen LogP contribution in [0.3, 0.4) is 0 Å². The number of hydrogen-bond acceptors (Lipinski definition) is 8. The molecule has 250 valence electrons. The molecule has 2 aliphatic heterocycles. The van der Waals surface area contributed by atoms with Gasteiger partial charge in [-0.25, -0.2) is 4.98 Å². The number of aliphatic hydroxyl groups is 1. The number of pyridine rings is 2. The van der Waals surface area contributed by atoms with Crippen molar-refractivity contribution in [3.05, 3.63) is 82.0 Å². The van der Waals surface area contributed by atoms with Gasteiger partial charge in [0.15, 0.2) is 0 Å². The first-order valence-electron chi connectivity index (χ1n) is 16.2. The van der Waals surface area contributed by atoms with Gasteiger partial charge in [0.25, 0.3) is 0 Å². The van der Waals surface area contributed by atoms with E-state index in [2.05, 4.69) is 20.5 Å². The third-order valence-corrected chi connectivity index (χ3v) is 10.6. The summed E-state index contributed by atoms with van der Waals surface area (Å²) in [5.74, 6) is 1.42. The van der Waals surface area contributed by atoms with Gasteiger partial charge < -0.3 is 25.2 Å². The Morgan fingerprint density at radius 3 is 2.46 bits per heavy atom. The highest BCUT2D eigenvalue weighted by atomic mass is 35.5. The first-order valence-corrected chi connectivity index (χ1v) is 16.9. The average molecular weight is 689 g/mol. The summed E-state index contributed by atoms with van der Waals surface area (Å²) < 4.78 is 11.5. The van der Waals surface area contributed by atoms with Crippen LogP contribution in [0.15, 0.2) is 60.8 Å². The van der Waals surface area contributed by atoms with E-state index >= 15 is 0 Å². The summed E-state index contributed by atoms with van der Waals surface area (Å²) >= 11 is 14.2. The zero-order valence-electron chi connectivity index (χ0n) is 27.3. The lowest BCUT2D eigenvalue weighted by Gasteiger charge is -2.47. The van der Waals surface area contributed by atoms with E-state index in [1.54, 1.807) is 20.4 Å². The molecule has 9 nitrogen and oxygen atoms in total. The number of rotatable bonds is 10. The lowest BCUT2D eigenvalue weighted by Crippen LogP contribution is -2.56. The number of benzene rings is 2. The van der Waals surface area contributed by atoms with Crippen molar-refractivity contribution in [3.8, 4) is 45.3 Å². The Bertz CT molecular complexity index is 1870. The lowest BCUT2D eigenvalue weighted by molar-refractivity contribution is -0.120. The van der Waals surface area contributed by atoms with E-state index in [9.17, 15) is 9.90 Å². The Balaban J connectivity index is 1.11. The molecule has 0 radical (unpaired) electrons. The molecule has 1 amide bonds. The van der Waals surface area contributed by atoms with Gasteiger partial charge in [-0.3, -0.25) is 14.7 Å². The monoisotopic (exact) mass is 687 g/mol. The average Bonchev–Trinajstić information content (AvgIpc) is 3.44. The minimum absolute atomic E-state index is 0.0622. The summed E-state index contributed by atoms with van der Waals surface area (Å²) in [6.07, 6.45) is 3.81. The van der Waals surface area contributed by atoms with Gasteiger partial charge in [0, 0.05) is 90.2 Å². The fourth-order valence-corrected chi connectivity index (χ4v) is 8.02. The summed E-state index contributed by atoms with van der Waals surface area (Å²) in [7, 11) is 3.28. The van der Waals surface area contributed by atoms with Crippen LogP contribution in [-0.4, -0.2) is 71.4 Å². The molecular formula is C37H39Cl2N5O4. The number of amides is 1. The highest BCUT2D eigenvalue weighted by molar-refractivity contribution is 6.39. The molecule has 2 aromatic heterocycles. The normalized spacial score (nSPS) is 21.5. The minimum Gasteiger partial charge on any atom is -0.496 e. The molecule has 2 saturated heterocycles. The van der Waals surface area contributed by atoms with E-state index in [0.29, 0.717) is 46.8 Å². The molecule has 1 aliphatic carbocycles. The Morgan fingerprint density at radius 2 is 1.75 bits per heavy atom. The van der Waals surface area contributed by atoms with Gasteiger partial charge >= 0.3 is 0 Å². The van der Waals surface area contributed by atoms with Crippen LogP contribution in [0.4, 0.5) is 0 Å². The van der Waals surface area contributed by atoms with Crippen molar-refractivity contribution < 1.29 is 19.4 Å². The minimum atomic E-state index is -0.578. The van der Waals surface area contributed by atoms with E-state index < -0.39 is 5.60 Å². The molecule has 3 N–H and O–H groups in total. The first-order chi connectivity index (χ1) is 23.1. The van der Waals surface area contributed by atoms with Gasteiger partial charge in [0.2, 0.25) is 11.8 Å². The number of methoxy groups -OCH3 is 2. The third-order valence-electron chi connectivity index (χ3n) is 9.81. The topological polar surface area (TPSA) is 109 Å². The fourth-order valence-electron chi connectivity index (χ4n) is 7.38. The van der Waals surface area contributed by atoms with Crippen molar-refractivity contribution in [3.63, 3.8) is 0 Å². The fraction of sp³-hybridized carbons (Fsp3) is 0.378. The van der Waals surface area contributed by atoms with Gasteiger partial charge in [0.1, 0.15) is 5.75 Å². The van der Waals surface area contributed by atoms with Crippen molar-refractivity contribution in [1.82, 2.24) is 25.5 Å². The molecule has 3 aliphatic rings. The standard InChI is InChI=1S/C37H39Cl2N5O4/c1-36(46)14-25(15-36)41-17-23-8-7-22(13-30(23)47-2)34-33(39)27(11-12-40-34)26-5-4-6-28(32(26)38)29-10-9-24(35(43-29)48-3)18-44-20-37(21-44)16-31(45)42-19-37/h4-13,25,41,46H,14-21H2,1-3H3,(H,42,45)/t25-,36-. The lowest BCUT2D eigenvalue weighted by atomic mass is 9.77. The predicted octanol–water partition coefficient (Wildman–Crippen LogP) is 6.13. The summed E-state index contributed by atoms with van der Waals surface area (Å²) in [5.41, 5.74) is 5.91. The Hall–Kier alpha value is -3.73. The second-order valence-corrected chi connectivity index (χ2v) is 14.4. The number of carbonyl (C=O) groups is 1. The number of hydrogen-bond donors (Lipinski definition) is 3. The Kier molecular flexibility index (Phi) is 8.85. The summed E-state index contributed by atoms with van der Waals surface area (Å²) in [6, 6.07) is 17.9. The summed E-state index contributed by atoms with van der Waals surface area (Å²) in [6.45, 7) is 5.69. The van der Waals surface area contributed by atoms with E-state index in [4.69, 9.17) is 37.7 Å². The molecule has 2 aromatic carbocycles. The molecule has 4 heterocycles. The van der Waals surface area contributed by atoms with Gasteiger partial charge in [-0.05, 0) is 38.0 Å². The van der Waals surface area contributed by atoms with Gasteiger partial charge in [-0.1, -0.05) is 59.6 Å².